The lowest BCUT2D eigenvalue weighted by Crippen LogP contribution is -2.46. The van der Waals surface area contributed by atoms with Crippen molar-refractivity contribution in [1.82, 2.24) is 15.5 Å². The van der Waals surface area contributed by atoms with Gasteiger partial charge in [0.1, 0.15) is 11.6 Å². The molecule has 0 bridgehead atoms. The minimum atomic E-state index is -0.600. The molecule has 7 heteroatoms. The third kappa shape index (κ3) is 9.96. The zero-order valence-corrected chi connectivity index (χ0v) is 21.7. The number of rotatable bonds is 14. The molecule has 5 nitrogen and oxygen atoms in total. The van der Waals surface area contributed by atoms with E-state index in [-0.39, 0.29) is 18.1 Å². The number of ether oxygens (including phenoxy) is 1. The molecule has 0 saturated carbocycles. The molecule has 3 rings (SSSR count). The Hall–Kier alpha value is -2.35. The second kappa shape index (κ2) is 15.0. The number of nitrogens with zero attached hydrogens (tertiary/aromatic N) is 1. The number of piperidine rings is 1. The normalized spacial score (nSPS) is 15.7. The second-order valence-electron chi connectivity index (χ2n) is 9.73. The van der Waals surface area contributed by atoms with Gasteiger partial charge in [-0.2, -0.15) is 0 Å². The van der Waals surface area contributed by atoms with E-state index in [9.17, 15) is 13.6 Å². The minimum Gasteiger partial charge on any atom is -0.378 e. The summed E-state index contributed by atoms with van der Waals surface area (Å²) in [5.41, 5.74) is 3.06. The fourth-order valence-corrected chi connectivity index (χ4v) is 4.70. The second-order valence-corrected chi connectivity index (χ2v) is 9.73. The van der Waals surface area contributed by atoms with Gasteiger partial charge in [-0.1, -0.05) is 38.1 Å². The molecule has 0 aliphatic carbocycles. The molecular weight excluding hydrogens is 460 g/mol. The molecule has 1 heterocycles. The van der Waals surface area contributed by atoms with E-state index in [1.165, 1.54) is 23.3 Å². The lowest BCUT2D eigenvalue weighted by molar-refractivity contribution is -0.123. The van der Waals surface area contributed by atoms with Crippen molar-refractivity contribution in [2.45, 2.75) is 71.1 Å². The molecule has 1 atom stereocenters. The van der Waals surface area contributed by atoms with E-state index in [0.717, 1.165) is 58.0 Å². The van der Waals surface area contributed by atoms with Gasteiger partial charge in [0.2, 0.25) is 5.91 Å². The van der Waals surface area contributed by atoms with Crippen molar-refractivity contribution in [1.29, 1.82) is 0 Å². The maximum Gasteiger partial charge on any atom is 0.234 e. The van der Waals surface area contributed by atoms with Crippen LogP contribution in [0.25, 0.3) is 0 Å². The van der Waals surface area contributed by atoms with Crippen LogP contribution in [-0.4, -0.2) is 55.7 Å². The molecule has 0 unspecified atom stereocenters. The van der Waals surface area contributed by atoms with Gasteiger partial charge in [0.15, 0.2) is 0 Å². The Morgan fingerprint density at radius 1 is 1.06 bits per heavy atom. The largest absolute Gasteiger partial charge is 0.378 e. The molecule has 2 N–H and O–H groups in total. The number of carbonyl (C=O) groups excluding carboxylic acids is 1. The average molecular weight is 502 g/mol. The summed E-state index contributed by atoms with van der Waals surface area (Å²) in [5.74, 6) is -1.25. The lowest BCUT2D eigenvalue weighted by atomic mass is 10.0. The number of nitrogens with one attached hydrogen (secondary N) is 2. The van der Waals surface area contributed by atoms with Crippen molar-refractivity contribution in [2.24, 2.45) is 0 Å². The molecule has 36 heavy (non-hydrogen) atoms. The van der Waals surface area contributed by atoms with Crippen LogP contribution in [0, 0.1) is 11.6 Å². The fraction of sp³-hybridized carbons (Fsp3) is 0.552. The quantitative estimate of drug-likeness (QED) is 0.371. The van der Waals surface area contributed by atoms with Gasteiger partial charge in [0.25, 0.3) is 0 Å². The van der Waals surface area contributed by atoms with Gasteiger partial charge in [-0.3, -0.25) is 9.69 Å². The SMILES string of the molecule is CCCOC1CCN(CC(=O)N[C@H](CCNCc2cccc(CC)c2)Cc2cc(F)cc(F)c2)CC1. The number of likely N-dealkylation sites (tertiary alicyclic amines) is 1. The predicted molar refractivity (Wildman–Crippen MR) is 140 cm³/mol. The smallest absolute Gasteiger partial charge is 0.234 e. The van der Waals surface area contributed by atoms with Gasteiger partial charge < -0.3 is 15.4 Å². The van der Waals surface area contributed by atoms with Crippen LogP contribution in [0.3, 0.4) is 0 Å². The molecule has 0 spiro atoms. The molecule has 1 saturated heterocycles. The van der Waals surface area contributed by atoms with Crippen LogP contribution in [0.4, 0.5) is 8.78 Å². The van der Waals surface area contributed by atoms with Crippen LogP contribution >= 0.6 is 0 Å². The molecule has 2 aromatic carbocycles. The number of hydrogen-bond acceptors (Lipinski definition) is 4. The molecule has 1 fully saturated rings. The summed E-state index contributed by atoms with van der Waals surface area (Å²) in [6.45, 7) is 8.43. The number of benzene rings is 2. The Kier molecular flexibility index (Phi) is 11.8. The molecule has 1 amide bonds. The van der Waals surface area contributed by atoms with E-state index in [1.54, 1.807) is 0 Å². The summed E-state index contributed by atoms with van der Waals surface area (Å²) in [6.07, 6.45) is 5.19. The Balaban J connectivity index is 1.51. The number of aryl methyl sites for hydroxylation is 1. The molecule has 1 aliphatic heterocycles. The van der Waals surface area contributed by atoms with Gasteiger partial charge >= 0.3 is 0 Å². The third-order valence-corrected chi connectivity index (χ3v) is 6.63. The third-order valence-electron chi connectivity index (χ3n) is 6.63. The summed E-state index contributed by atoms with van der Waals surface area (Å²) >= 11 is 0. The van der Waals surface area contributed by atoms with E-state index in [2.05, 4.69) is 53.6 Å². The lowest BCUT2D eigenvalue weighted by Gasteiger charge is -2.31. The van der Waals surface area contributed by atoms with Gasteiger partial charge in [-0.05, 0) is 73.9 Å². The van der Waals surface area contributed by atoms with E-state index in [1.807, 2.05) is 0 Å². The van der Waals surface area contributed by atoms with Crippen LogP contribution in [0.2, 0.25) is 0 Å². The maximum atomic E-state index is 13.8. The van der Waals surface area contributed by atoms with Crippen molar-refractivity contribution in [2.75, 3.05) is 32.8 Å². The monoisotopic (exact) mass is 501 g/mol. The highest BCUT2D eigenvalue weighted by Gasteiger charge is 2.22. The minimum absolute atomic E-state index is 0.0551. The number of halogens is 2. The van der Waals surface area contributed by atoms with Crippen LogP contribution in [0.1, 0.15) is 56.2 Å². The van der Waals surface area contributed by atoms with Gasteiger partial charge in [0, 0.05) is 38.3 Å². The van der Waals surface area contributed by atoms with Crippen LogP contribution < -0.4 is 10.6 Å². The fourth-order valence-electron chi connectivity index (χ4n) is 4.70. The van der Waals surface area contributed by atoms with E-state index in [4.69, 9.17) is 4.74 Å². The first kappa shape index (κ1) is 28.2. The van der Waals surface area contributed by atoms with Crippen molar-refractivity contribution in [3.8, 4) is 0 Å². The van der Waals surface area contributed by atoms with E-state index >= 15 is 0 Å². The summed E-state index contributed by atoms with van der Waals surface area (Å²) in [5, 5.41) is 6.56. The van der Waals surface area contributed by atoms with Crippen molar-refractivity contribution >= 4 is 5.91 Å². The summed E-state index contributed by atoms with van der Waals surface area (Å²) in [4.78, 5) is 15.0. The van der Waals surface area contributed by atoms with Gasteiger partial charge in [0.05, 0.1) is 12.6 Å². The van der Waals surface area contributed by atoms with Crippen molar-refractivity contribution in [3.05, 3.63) is 70.8 Å². The van der Waals surface area contributed by atoms with Crippen molar-refractivity contribution in [3.63, 3.8) is 0 Å². The highest BCUT2D eigenvalue weighted by molar-refractivity contribution is 5.78. The first-order chi connectivity index (χ1) is 17.4. The molecule has 0 radical (unpaired) electrons. The average Bonchev–Trinajstić information content (AvgIpc) is 2.85. The van der Waals surface area contributed by atoms with Gasteiger partial charge in [-0.15, -0.1) is 0 Å². The molecule has 198 valence electrons. The standard InChI is InChI=1S/C29H41F2N3O2/c1-3-14-36-28-9-12-34(13-10-28)21-29(35)33-27(18-24-16-25(30)19-26(31)17-24)8-11-32-20-23-7-5-6-22(4-2)15-23/h5-7,15-17,19,27-28,32H,3-4,8-14,18,20-21H2,1-2H3,(H,33,35)/t27-/m1/s1. The summed E-state index contributed by atoms with van der Waals surface area (Å²) in [6, 6.07) is 11.8. The highest BCUT2D eigenvalue weighted by atomic mass is 19.1. The van der Waals surface area contributed by atoms with Crippen LogP contribution in [0.15, 0.2) is 42.5 Å². The summed E-state index contributed by atoms with van der Waals surface area (Å²) < 4.78 is 33.4. The Morgan fingerprint density at radius 3 is 2.47 bits per heavy atom. The molecule has 2 aromatic rings. The first-order valence-corrected chi connectivity index (χ1v) is 13.3. The Morgan fingerprint density at radius 2 is 1.78 bits per heavy atom. The Bertz CT molecular complexity index is 928. The zero-order valence-electron chi connectivity index (χ0n) is 21.7. The van der Waals surface area contributed by atoms with Crippen LogP contribution in [-0.2, 0) is 28.9 Å². The Labute approximate surface area is 214 Å². The van der Waals surface area contributed by atoms with E-state index in [0.29, 0.717) is 31.5 Å². The molecular formula is C29H41F2N3O2. The van der Waals surface area contributed by atoms with E-state index < -0.39 is 11.6 Å². The van der Waals surface area contributed by atoms with Gasteiger partial charge in [-0.25, -0.2) is 8.78 Å². The molecule has 1 aliphatic rings. The first-order valence-electron chi connectivity index (χ1n) is 13.3. The maximum absolute atomic E-state index is 13.8. The highest BCUT2D eigenvalue weighted by Crippen LogP contribution is 2.15. The zero-order chi connectivity index (χ0) is 25.8. The summed E-state index contributed by atoms with van der Waals surface area (Å²) in [7, 11) is 0. The topological polar surface area (TPSA) is 53.6 Å². The molecule has 0 aromatic heterocycles. The predicted octanol–water partition coefficient (Wildman–Crippen LogP) is 4.63. The number of amides is 1. The van der Waals surface area contributed by atoms with Crippen LogP contribution in [0.5, 0.6) is 0 Å². The number of hydrogen-bond donors (Lipinski definition) is 2. The number of carbonyl (C=O) groups is 1. The van der Waals surface area contributed by atoms with Crippen molar-refractivity contribution < 1.29 is 18.3 Å².